The Morgan fingerprint density at radius 1 is 0.892 bits per heavy atom. The zero-order valence-corrected chi connectivity index (χ0v) is 20.7. The molecule has 1 aliphatic carbocycles. The number of benzene rings is 3. The monoisotopic (exact) mass is 529 g/mol. The molecule has 0 radical (unpaired) electrons. The van der Waals surface area contributed by atoms with Crippen LogP contribution in [0.25, 0.3) is 0 Å². The van der Waals surface area contributed by atoms with E-state index in [0.717, 1.165) is 37.1 Å². The van der Waals surface area contributed by atoms with Crippen LogP contribution in [0.4, 0.5) is 13.2 Å². The fraction of sp³-hybridized carbons (Fsp3) is 0.321. The van der Waals surface area contributed by atoms with Gasteiger partial charge in [0.1, 0.15) is 5.75 Å². The molecule has 194 valence electrons. The molecule has 3 aromatic carbocycles. The Balaban J connectivity index is 1.36. The number of sulfonamides is 1. The molecular weight excluding hydrogens is 503 g/mol. The zero-order chi connectivity index (χ0) is 26.0. The van der Waals surface area contributed by atoms with Crippen molar-refractivity contribution >= 4 is 16.2 Å². The summed E-state index contributed by atoms with van der Waals surface area (Å²) in [6.45, 7) is 0.478. The van der Waals surface area contributed by atoms with E-state index in [1.54, 1.807) is 0 Å². The van der Waals surface area contributed by atoms with E-state index >= 15 is 0 Å². The van der Waals surface area contributed by atoms with Gasteiger partial charge in [-0.25, -0.2) is 0 Å². The molecule has 2 atom stereocenters. The molecule has 1 saturated heterocycles. The second-order valence-electron chi connectivity index (χ2n) is 9.32. The van der Waals surface area contributed by atoms with E-state index < -0.39 is 22.1 Å². The molecular formula is C28H26F3NO4S. The van der Waals surface area contributed by atoms with Gasteiger partial charge < -0.3 is 9.47 Å². The quantitative estimate of drug-likeness (QED) is 0.377. The van der Waals surface area contributed by atoms with E-state index in [-0.39, 0.29) is 22.8 Å². The second kappa shape index (κ2) is 10.3. The fourth-order valence-electron chi connectivity index (χ4n) is 5.23. The number of nitrogens with zero attached hydrogens (tertiary/aromatic N) is 1. The number of hydrogen-bond donors (Lipinski definition) is 0. The number of rotatable bonds is 5. The van der Waals surface area contributed by atoms with Gasteiger partial charge in [0.2, 0.25) is 0 Å². The number of ether oxygens (including phenoxy) is 2. The summed E-state index contributed by atoms with van der Waals surface area (Å²) in [6.07, 6.45) is -0.421. The van der Waals surface area contributed by atoms with Gasteiger partial charge in [-0.2, -0.15) is 12.8 Å². The average molecular weight is 530 g/mol. The largest absolute Gasteiger partial charge is 0.573 e. The standard InChI is InChI=1S/C28H26F3NO4S/c29-28(30,31)36-22-11-13-23(14-12-22)37(33,34)32-18-19-15-16-35-26(17-19)27-24-7-3-1-5-20(24)9-10-21-6-2-4-8-25(21)27/h1-8,11-14,18-19,26-27H,9-10,15-17H2/b32-18+. The number of hydrogen-bond acceptors (Lipinski definition) is 4. The molecule has 2 unspecified atom stereocenters. The molecule has 0 amide bonds. The van der Waals surface area contributed by atoms with Crippen molar-refractivity contribution in [3.05, 3.63) is 95.1 Å². The summed E-state index contributed by atoms with van der Waals surface area (Å²) >= 11 is 0. The normalized spacial score (nSPS) is 20.7. The van der Waals surface area contributed by atoms with E-state index in [1.807, 2.05) is 12.1 Å². The van der Waals surface area contributed by atoms with Gasteiger partial charge in [-0.05, 0) is 78.1 Å². The van der Waals surface area contributed by atoms with Crippen molar-refractivity contribution < 1.29 is 31.1 Å². The molecule has 1 fully saturated rings. The molecule has 9 heteroatoms. The van der Waals surface area contributed by atoms with Gasteiger partial charge in [-0.3, -0.25) is 0 Å². The maximum atomic E-state index is 12.7. The first kappa shape index (κ1) is 25.5. The minimum Gasteiger partial charge on any atom is -0.406 e. The van der Waals surface area contributed by atoms with Gasteiger partial charge in [0.05, 0.1) is 11.0 Å². The first-order valence-electron chi connectivity index (χ1n) is 12.1. The highest BCUT2D eigenvalue weighted by Crippen LogP contribution is 2.41. The van der Waals surface area contributed by atoms with Crippen LogP contribution in [0.2, 0.25) is 0 Å². The maximum absolute atomic E-state index is 12.7. The van der Waals surface area contributed by atoms with Gasteiger partial charge >= 0.3 is 6.36 Å². The minimum absolute atomic E-state index is 0.0314. The zero-order valence-electron chi connectivity index (χ0n) is 19.9. The van der Waals surface area contributed by atoms with E-state index in [1.165, 1.54) is 28.5 Å². The SMILES string of the molecule is O=S(=O)(/N=C/C1CCOC(C2c3ccccc3CCc3ccccc32)C1)c1ccc(OC(F)(F)F)cc1. The highest BCUT2D eigenvalue weighted by molar-refractivity contribution is 7.90. The number of halogens is 3. The fourth-order valence-corrected chi connectivity index (χ4v) is 6.17. The summed E-state index contributed by atoms with van der Waals surface area (Å²) in [4.78, 5) is -0.200. The Morgan fingerprint density at radius 2 is 1.49 bits per heavy atom. The molecule has 0 spiro atoms. The highest BCUT2D eigenvalue weighted by atomic mass is 32.2. The summed E-state index contributed by atoms with van der Waals surface area (Å²) in [5.74, 6) is -0.584. The molecule has 37 heavy (non-hydrogen) atoms. The molecule has 5 nitrogen and oxygen atoms in total. The molecule has 5 rings (SSSR count). The minimum atomic E-state index is -4.85. The van der Waals surface area contributed by atoms with Crippen molar-refractivity contribution in [2.24, 2.45) is 10.3 Å². The smallest absolute Gasteiger partial charge is 0.406 e. The molecule has 1 aliphatic heterocycles. The predicted octanol–water partition coefficient (Wildman–Crippen LogP) is 6.07. The van der Waals surface area contributed by atoms with Crippen LogP contribution in [0.5, 0.6) is 5.75 Å². The summed E-state index contributed by atoms with van der Waals surface area (Å²) in [5, 5.41) is 0. The summed E-state index contributed by atoms with van der Waals surface area (Å²) in [7, 11) is -4.07. The first-order valence-corrected chi connectivity index (χ1v) is 13.6. The predicted molar refractivity (Wildman–Crippen MR) is 133 cm³/mol. The Bertz CT molecular complexity index is 1340. The number of aryl methyl sites for hydroxylation is 2. The van der Waals surface area contributed by atoms with Crippen LogP contribution in [0, 0.1) is 5.92 Å². The van der Waals surface area contributed by atoms with Gasteiger partial charge in [0.15, 0.2) is 0 Å². The molecule has 0 aromatic heterocycles. The van der Waals surface area contributed by atoms with E-state index in [0.29, 0.717) is 19.4 Å². The lowest BCUT2D eigenvalue weighted by atomic mass is 9.79. The van der Waals surface area contributed by atoms with Crippen molar-refractivity contribution in [1.29, 1.82) is 0 Å². The van der Waals surface area contributed by atoms with E-state index in [4.69, 9.17) is 4.74 Å². The molecule has 0 N–H and O–H groups in total. The van der Waals surface area contributed by atoms with Crippen LogP contribution in [-0.2, 0) is 27.6 Å². The number of alkyl halides is 3. The van der Waals surface area contributed by atoms with Crippen LogP contribution >= 0.6 is 0 Å². The van der Waals surface area contributed by atoms with Crippen LogP contribution in [0.1, 0.15) is 41.0 Å². The lowest BCUT2D eigenvalue weighted by Crippen LogP contribution is -2.32. The Labute approximate surface area is 214 Å². The Kier molecular flexibility index (Phi) is 7.09. The molecule has 1 heterocycles. The summed E-state index contributed by atoms with van der Waals surface area (Å²) < 4.78 is 76.6. The van der Waals surface area contributed by atoms with Gasteiger partial charge in [-0.1, -0.05) is 48.5 Å². The first-order chi connectivity index (χ1) is 17.7. The second-order valence-corrected chi connectivity index (χ2v) is 11.0. The highest BCUT2D eigenvalue weighted by Gasteiger charge is 2.35. The lowest BCUT2D eigenvalue weighted by molar-refractivity contribution is -0.274. The molecule has 2 aliphatic rings. The molecule has 0 saturated carbocycles. The van der Waals surface area contributed by atoms with Crippen molar-refractivity contribution in [3.8, 4) is 5.75 Å². The van der Waals surface area contributed by atoms with Crippen molar-refractivity contribution in [2.75, 3.05) is 6.61 Å². The van der Waals surface area contributed by atoms with Crippen LogP contribution in [0.3, 0.4) is 0 Å². The number of fused-ring (bicyclic) bond motifs is 2. The van der Waals surface area contributed by atoms with Crippen molar-refractivity contribution in [3.63, 3.8) is 0 Å². The lowest BCUT2D eigenvalue weighted by Gasteiger charge is -2.35. The van der Waals surface area contributed by atoms with Crippen molar-refractivity contribution in [2.45, 2.75) is 49.0 Å². The van der Waals surface area contributed by atoms with Crippen LogP contribution < -0.4 is 4.74 Å². The third kappa shape index (κ3) is 5.88. The third-order valence-corrected chi connectivity index (χ3v) is 8.20. The Morgan fingerprint density at radius 3 is 2.08 bits per heavy atom. The van der Waals surface area contributed by atoms with Gasteiger partial charge in [-0.15, -0.1) is 13.2 Å². The van der Waals surface area contributed by atoms with E-state index in [9.17, 15) is 21.6 Å². The molecule has 3 aromatic rings. The topological polar surface area (TPSA) is 65.0 Å². The third-order valence-electron chi connectivity index (χ3n) is 6.94. The van der Waals surface area contributed by atoms with Crippen LogP contribution in [-0.4, -0.2) is 33.7 Å². The maximum Gasteiger partial charge on any atom is 0.573 e. The average Bonchev–Trinajstić information content (AvgIpc) is 3.04. The van der Waals surface area contributed by atoms with Gasteiger partial charge in [0.25, 0.3) is 10.0 Å². The summed E-state index contributed by atoms with van der Waals surface area (Å²) in [5.41, 5.74) is 5.07. The van der Waals surface area contributed by atoms with Crippen LogP contribution in [0.15, 0.2) is 82.1 Å². The van der Waals surface area contributed by atoms with Gasteiger partial charge in [0, 0.05) is 18.7 Å². The summed E-state index contributed by atoms with van der Waals surface area (Å²) in [6, 6.07) is 20.8. The molecule has 0 bridgehead atoms. The Hall–Kier alpha value is -3.17. The van der Waals surface area contributed by atoms with E-state index in [2.05, 4.69) is 45.5 Å². The van der Waals surface area contributed by atoms with Crippen molar-refractivity contribution in [1.82, 2.24) is 0 Å².